The van der Waals surface area contributed by atoms with E-state index in [1.165, 1.54) is 6.08 Å². The van der Waals surface area contributed by atoms with Crippen molar-refractivity contribution >= 4 is 51.2 Å². The van der Waals surface area contributed by atoms with Crippen LogP contribution in [0.1, 0.15) is 23.7 Å². The van der Waals surface area contributed by atoms with E-state index in [9.17, 15) is 19.7 Å². The summed E-state index contributed by atoms with van der Waals surface area (Å²) in [4.78, 5) is 38.0. The third kappa shape index (κ3) is 5.43. The Balaban J connectivity index is 1.66. The van der Waals surface area contributed by atoms with Gasteiger partial charge in [-0.15, -0.1) is 0 Å². The van der Waals surface area contributed by atoms with Crippen LogP contribution < -0.4 is 20.7 Å². The molecule has 1 heterocycles. The fourth-order valence-electron chi connectivity index (χ4n) is 3.63. The first-order valence-electron chi connectivity index (χ1n) is 10.6. The molecule has 4 aromatic rings. The molecule has 0 fully saturated rings. The number of hydrogen-bond donors (Lipinski definition) is 2. The average molecular weight is 585 g/mol. The van der Waals surface area contributed by atoms with E-state index < -0.39 is 21.9 Å². The van der Waals surface area contributed by atoms with Crippen LogP contribution in [-0.4, -0.2) is 21.5 Å². The zero-order valence-corrected chi connectivity index (χ0v) is 20.7. The minimum Gasteiger partial charge on any atom is -0.490 e. The monoisotopic (exact) mass is 585 g/mol. The molecule has 35 heavy (non-hydrogen) atoms. The van der Waals surface area contributed by atoms with Crippen molar-refractivity contribution in [1.29, 1.82) is 0 Å². The molecule has 10 heteroatoms. The molecule has 178 valence electrons. The number of fused-ring (bicyclic) bond motifs is 1. The molecule has 4 rings (SSSR count). The first-order chi connectivity index (χ1) is 16.9. The van der Waals surface area contributed by atoms with Crippen LogP contribution >= 0.6 is 22.6 Å². The van der Waals surface area contributed by atoms with Gasteiger partial charge in [-0.3, -0.25) is 19.9 Å². The number of nitrogens with zero attached hydrogens (tertiary/aromatic N) is 1. The second-order valence-electron chi connectivity index (χ2n) is 7.45. The summed E-state index contributed by atoms with van der Waals surface area (Å²) in [5, 5.41) is 13.5. The topological polar surface area (TPSA) is 127 Å². The molecule has 0 aliphatic carbocycles. The number of aromatic nitrogens is 2. The molecule has 0 saturated heterocycles. The van der Waals surface area contributed by atoms with E-state index in [2.05, 4.69) is 33.6 Å². The van der Waals surface area contributed by atoms with E-state index in [0.29, 0.717) is 30.3 Å². The third-order valence-electron chi connectivity index (χ3n) is 5.15. The summed E-state index contributed by atoms with van der Waals surface area (Å²) in [5.41, 5.74) is -1.16. The molecule has 0 saturated carbocycles. The molecule has 0 amide bonds. The molecule has 0 atom stereocenters. The maximum absolute atomic E-state index is 11.8. The van der Waals surface area contributed by atoms with Crippen LogP contribution in [0.15, 0.2) is 64.2 Å². The Morgan fingerprint density at radius 1 is 1.03 bits per heavy atom. The molecule has 3 aromatic carbocycles. The molecule has 1 aromatic heterocycles. The Labute approximate surface area is 212 Å². The number of halogens is 1. The lowest BCUT2D eigenvalue weighted by Crippen LogP contribution is -2.25. The van der Waals surface area contributed by atoms with Crippen molar-refractivity contribution in [1.82, 2.24) is 9.97 Å². The van der Waals surface area contributed by atoms with Gasteiger partial charge >= 0.3 is 16.9 Å². The fraction of sp³-hybridized carbons (Fsp3) is 0.120. The molecular formula is C25H20IN3O6. The zero-order chi connectivity index (χ0) is 24.9. The Kier molecular flexibility index (Phi) is 7.30. The SMILES string of the molecule is CCOc1cc(/C=C\c2[nH]c(=O)[nH]c(=O)c2[N+](=O)[O-])cc(I)c1OCc1cccc2ccccc12. The van der Waals surface area contributed by atoms with Crippen LogP contribution in [0.25, 0.3) is 22.9 Å². The van der Waals surface area contributed by atoms with Gasteiger partial charge in [-0.25, -0.2) is 4.79 Å². The standard InChI is InChI=1S/C25H20IN3O6/c1-2-34-21-13-15(10-11-20-22(29(32)33)24(30)28-25(31)27-20)12-19(26)23(21)35-14-17-8-5-7-16-6-3-4-9-18(16)17/h3-13H,2,14H2,1H3,(H2,27,28,30,31)/b11-10-. The Hall–Kier alpha value is -3.93. The van der Waals surface area contributed by atoms with Crippen LogP contribution in [0, 0.1) is 13.7 Å². The van der Waals surface area contributed by atoms with Crippen LogP contribution in [0.2, 0.25) is 0 Å². The Morgan fingerprint density at radius 2 is 1.80 bits per heavy atom. The number of ether oxygens (including phenoxy) is 2. The summed E-state index contributed by atoms with van der Waals surface area (Å²) < 4.78 is 12.7. The summed E-state index contributed by atoms with van der Waals surface area (Å²) in [6, 6.07) is 17.7. The third-order valence-corrected chi connectivity index (χ3v) is 5.96. The van der Waals surface area contributed by atoms with Crippen LogP contribution in [0.3, 0.4) is 0 Å². The highest BCUT2D eigenvalue weighted by molar-refractivity contribution is 14.1. The fourth-order valence-corrected chi connectivity index (χ4v) is 4.42. The number of benzene rings is 3. The van der Waals surface area contributed by atoms with E-state index >= 15 is 0 Å². The molecular weight excluding hydrogens is 565 g/mol. The van der Waals surface area contributed by atoms with E-state index in [0.717, 1.165) is 19.9 Å². The predicted octanol–water partition coefficient (Wildman–Crippen LogP) is 4.88. The largest absolute Gasteiger partial charge is 0.490 e. The van der Waals surface area contributed by atoms with Gasteiger partial charge < -0.3 is 14.5 Å². The Morgan fingerprint density at radius 3 is 2.57 bits per heavy atom. The van der Waals surface area contributed by atoms with Gasteiger partial charge in [0.2, 0.25) is 0 Å². The lowest BCUT2D eigenvalue weighted by atomic mass is 10.1. The number of nitro groups is 1. The predicted molar refractivity (Wildman–Crippen MR) is 142 cm³/mol. The molecule has 9 nitrogen and oxygen atoms in total. The van der Waals surface area contributed by atoms with E-state index in [1.54, 1.807) is 12.1 Å². The van der Waals surface area contributed by atoms with Gasteiger partial charge in [0.05, 0.1) is 15.1 Å². The second kappa shape index (κ2) is 10.6. The number of H-pyrrole nitrogens is 2. The molecule has 0 spiro atoms. The van der Waals surface area contributed by atoms with Gasteiger partial charge in [0.15, 0.2) is 11.5 Å². The first kappa shape index (κ1) is 24.2. The van der Waals surface area contributed by atoms with Crippen LogP contribution in [0.4, 0.5) is 5.69 Å². The molecule has 0 unspecified atom stereocenters. The van der Waals surface area contributed by atoms with Crippen LogP contribution in [-0.2, 0) is 6.61 Å². The van der Waals surface area contributed by atoms with Crippen molar-refractivity contribution in [2.75, 3.05) is 6.61 Å². The van der Waals surface area contributed by atoms with Gasteiger partial charge in [0, 0.05) is 0 Å². The molecule has 0 bridgehead atoms. The van der Waals surface area contributed by atoms with Crippen molar-refractivity contribution in [3.63, 3.8) is 0 Å². The van der Waals surface area contributed by atoms with E-state index in [-0.39, 0.29) is 5.69 Å². The summed E-state index contributed by atoms with van der Waals surface area (Å²) in [6.07, 6.45) is 2.86. The van der Waals surface area contributed by atoms with Gasteiger partial charge in [-0.05, 0) is 69.6 Å². The van der Waals surface area contributed by atoms with Crippen molar-refractivity contribution in [2.24, 2.45) is 0 Å². The zero-order valence-electron chi connectivity index (χ0n) is 18.5. The summed E-state index contributed by atoms with van der Waals surface area (Å²) in [5.74, 6) is 1.08. The van der Waals surface area contributed by atoms with E-state index in [4.69, 9.17) is 9.47 Å². The highest BCUT2D eigenvalue weighted by Crippen LogP contribution is 2.36. The average Bonchev–Trinajstić information content (AvgIpc) is 2.81. The molecule has 0 aliphatic heterocycles. The smallest absolute Gasteiger partial charge is 0.357 e. The minimum absolute atomic E-state index is 0.201. The second-order valence-corrected chi connectivity index (χ2v) is 8.61. The van der Waals surface area contributed by atoms with Crippen molar-refractivity contribution in [3.05, 3.63) is 106 Å². The highest BCUT2D eigenvalue weighted by Gasteiger charge is 2.19. The summed E-state index contributed by atoms with van der Waals surface area (Å²) in [7, 11) is 0. The number of rotatable bonds is 8. The summed E-state index contributed by atoms with van der Waals surface area (Å²) in [6.45, 7) is 2.60. The minimum atomic E-state index is -1.07. The van der Waals surface area contributed by atoms with Crippen molar-refractivity contribution in [2.45, 2.75) is 13.5 Å². The highest BCUT2D eigenvalue weighted by atomic mass is 127. The Bertz CT molecular complexity index is 1550. The number of nitrogens with one attached hydrogen (secondary N) is 2. The van der Waals surface area contributed by atoms with Gasteiger partial charge in [0.25, 0.3) is 0 Å². The molecule has 0 aliphatic rings. The van der Waals surface area contributed by atoms with Crippen molar-refractivity contribution in [3.8, 4) is 11.5 Å². The maximum atomic E-state index is 11.8. The van der Waals surface area contributed by atoms with Crippen molar-refractivity contribution < 1.29 is 14.4 Å². The number of aromatic amines is 2. The quantitative estimate of drug-likeness (QED) is 0.173. The molecule has 2 N–H and O–H groups in total. The lowest BCUT2D eigenvalue weighted by molar-refractivity contribution is -0.386. The molecule has 0 radical (unpaired) electrons. The number of hydrogen-bond acceptors (Lipinski definition) is 6. The van der Waals surface area contributed by atoms with Gasteiger partial charge in [-0.2, -0.15) is 0 Å². The van der Waals surface area contributed by atoms with Crippen LogP contribution in [0.5, 0.6) is 11.5 Å². The van der Waals surface area contributed by atoms with E-state index in [1.807, 2.05) is 54.4 Å². The maximum Gasteiger partial charge on any atom is 0.357 e. The van der Waals surface area contributed by atoms with Gasteiger partial charge in [-0.1, -0.05) is 48.5 Å². The lowest BCUT2D eigenvalue weighted by Gasteiger charge is -2.15. The normalized spacial score (nSPS) is 11.1. The first-order valence-corrected chi connectivity index (χ1v) is 11.7. The summed E-state index contributed by atoms with van der Waals surface area (Å²) >= 11 is 2.13. The van der Waals surface area contributed by atoms with Gasteiger partial charge in [0.1, 0.15) is 12.3 Å².